The topological polar surface area (TPSA) is 38.1 Å². The summed E-state index contributed by atoms with van der Waals surface area (Å²) in [5, 5.41) is 14.9. The minimum Gasteiger partial charge on any atom is -0.393 e. The molecule has 1 unspecified atom stereocenters. The first-order valence-corrected chi connectivity index (χ1v) is 5.25. The highest BCUT2D eigenvalue weighted by Gasteiger charge is 2.07. The number of fused-ring (bicyclic) bond motifs is 1. The van der Waals surface area contributed by atoms with Crippen LogP contribution < -0.4 is 0 Å². The zero-order valence-electron chi connectivity index (χ0n) is 8.74. The van der Waals surface area contributed by atoms with Crippen LogP contribution in [0, 0.1) is 0 Å². The van der Waals surface area contributed by atoms with Crippen LogP contribution in [0.3, 0.4) is 0 Å². The van der Waals surface area contributed by atoms with Crippen LogP contribution in [0.1, 0.15) is 12.5 Å². The standard InChI is InChI=1S/C11H13ClN2O/c1-7(15)5-8-3-4-10-9(6-8)11(12)13-14(10)2/h3-4,6-7,15H,5H2,1-2H3. The molecule has 2 aromatic rings. The Balaban J connectivity index is 2.50. The summed E-state index contributed by atoms with van der Waals surface area (Å²) in [5.41, 5.74) is 2.08. The molecule has 80 valence electrons. The molecule has 0 bridgehead atoms. The Morgan fingerprint density at radius 1 is 1.53 bits per heavy atom. The van der Waals surface area contributed by atoms with E-state index < -0.39 is 0 Å². The van der Waals surface area contributed by atoms with E-state index in [1.807, 2.05) is 25.2 Å². The van der Waals surface area contributed by atoms with E-state index in [1.165, 1.54) is 0 Å². The number of aryl methyl sites for hydroxylation is 1. The number of hydrogen-bond donors (Lipinski definition) is 1. The summed E-state index contributed by atoms with van der Waals surface area (Å²) in [4.78, 5) is 0. The number of aliphatic hydroxyl groups is 1. The van der Waals surface area contributed by atoms with Gasteiger partial charge in [-0.05, 0) is 31.0 Å². The van der Waals surface area contributed by atoms with Gasteiger partial charge < -0.3 is 5.11 Å². The number of benzene rings is 1. The van der Waals surface area contributed by atoms with Gasteiger partial charge in [-0.1, -0.05) is 17.7 Å². The van der Waals surface area contributed by atoms with Crippen molar-refractivity contribution >= 4 is 22.5 Å². The molecule has 3 nitrogen and oxygen atoms in total. The molecule has 1 aromatic heterocycles. The fraction of sp³-hybridized carbons (Fsp3) is 0.364. The summed E-state index contributed by atoms with van der Waals surface area (Å²) >= 11 is 5.99. The van der Waals surface area contributed by atoms with E-state index in [2.05, 4.69) is 5.10 Å². The van der Waals surface area contributed by atoms with Crippen LogP contribution in [0.15, 0.2) is 18.2 Å². The SMILES string of the molecule is CC(O)Cc1ccc2c(c1)c(Cl)nn2C. The largest absolute Gasteiger partial charge is 0.393 e. The first-order valence-electron chi connectivity index (χ1n) is 4.87. The van der Waals surface area contributed by atoms with E-state index >= 15 is 0 Å². The molecule has 0 amide bonds. The quantitative estimate of drug-likeness (QED) is 0.849. The molecule has 1 heterocycles. The number of hydrogen-bond acceptors (Lipinski definition) is 2. The van der Waals surface area contributed by atoms with E-state index in [1.54, 1.807) is 11.6 Å². The second kappa shape index (κ2) is 3.83. The van der Waals surface area contributed by atoms with Gasteiger partial charge in [0.1, 0.15) is 0 Å². The summed E-state index contributed by atoms with van der Waals surface area (Å²) in [6, 6.07) is 5.95. The number of aliphatic hydroxyl groups excluding tert-OH is 1. The van der Waals surface area contributed by atoms with E-state index in [-0.39, 0.29) is 6.10 Å². The van der Waals surface area contributed by atoms with Crippen molar-refractivity contribution < 1.29 is 5.11 Å². The van der Waals surface area contributed by atoms with E-state index in [0.29, 0.717) is 11.6 Å². The molecule has 2 rings (SSSR count). The summed E-state index contributed by atoms with van der Waals surface area (Å²) in [6.07, 6.45) is 0.305. The highest BCUT2D eigenvalue weighted by Crippen LogP contribution is 2.23. The normalized spacial score (nSPS) is 13.3. The first kappa shape index (κ1) is 10.5. The van der Waals surface area contributed by atoms with E-state index in [9.17, 15) is 5.11 Å². The van der Waals surface area contributed by atoms with Gasteiger partial charge in [0.25, 0.3) is 0 Å². The third-order valence-electron chi connectivity index (χ3n) is 2.40. The summed E-state index contributed by atoms with van der Waals surface area (Å²) in [5.74, 6) is 0. The van der Waals surface area contributed by atoms with Crippen LogP contribution in [-0.2, 0) is 13.5 Å². The second-order valence-corrected chi connectivity index (χ2v) is 4.18. The van der Waals surface area contributed by atoms with Crippen LogP contribution in [0.2, 0.25) is 5.15 Å². The molecule has 1 N–H and O–H groups in total. The second-order valence-electron chi connectivity index (χ2n) is 3.82. The fourth-order valence-corrected chi connectivity index (χ4v) is 2.00. The fourth-order valence-electron chi connectivity index (χ4n) is 1.74. The summed E-state index contributed by atoms with van der Waals surface area (Å²) < 4.78 is 1.75. The molecule has 0 saturated heterocycles. The molecule has 0 spiro atoms. The molecule has 4 heteroatoms. The van der Waals surface area contributed by atoms with Crippen molar-refractivity contribution in [2.45, 2.75) is 19.4 Å². The zero-order chi connectivity index (χ0) is 11.0. The Hall–Kier alpha value is -1.06. The van der Waals surface area contributed by atoms with Crippen molar-refractivity contribution in [3.8, 4) is 0 Å². The minimum absolute atomic E-state index is 0.335. The lowest BCUT2D eigenvalue weighted by Crippen LogP contribution is -2.03. The monoisotopic (exact) mass is 224 g/mol. The number of nitrogens with zero attached hydrogens (tertiary/aromatic N) is 2. The molecule has 0 fully saturated rings. The van der Waals surface area contributed by atoms with E-state index in [0.717, 1.165) is 16.5 Å². The van der Waals surface area contributed by atoms with Crippen LogP contribution >= 0.6 is 11.6 Å². The smallest absolute Gasteiger partial charge is 0.158 e. The zero-order valence-corrected chi connectivity index (χ0v) is 9.49. The lowest BCUT2D eigenvalue weighted by atomic mass is 10.1. The maximum atomic E-state index is 9.30. The maximum Gasteiger partial charge on any atom is 0.158 e. The van der Waals surface area contributed by atoms with Crippen molar-refractivity contribution in [2.24, 2.45) is 7.05 Å². The number of halogens is 1. The lowest BCUT2D eigenvalue weighted by Gasteiger charge is -2.04. The van der Waals surface area contributed by atoms with Gasteiger partial charge >= 0.3 is 0 Å². The Labute approximate surface area is 93.3 Å². The van der Waals surface area contributed by atoms with Gasteiger partial charge in [-0.25, -0.2) is 0 Å². The van der Waals surface area contributed by atoms with Crippen LogP contribution in [0.4, 0.5) is 0 Å². The van der Waals surface area contributed by atoms with Crippen LogP contribution in [0.25, 0.3) is 10.9 Å². The summed E-state index contributed by atoms with van der Waals surface area (Å²) in [7, 11) is 1.86. The highest BCUT2D eigenvalue weighted by atomic mass is 35.5. The maximum absolute atomic E-state index is 9.30. The van der Waals surface area contributed by atoms with Gasteiger partial charge in [0, 0.05) is 12.4 Å². The van der Waals surface area contributed by atoms with Gasteiger partial charge in [-0.3, -0.25) is 4.68 Å². The predicted molar refractivity (Wildman–Crippen MR) is 61.1 cm³/mol. The Morgan fingerprint density at radius 3 is 2.93 bits per heavy atom. The Bertz CT molecular complexity index is 491. The van der Waals surface area contributed by atoms with E-state index in [4.69, 9.17) is 11.6 Å². The van der Waals surface area contributed by atoms with Crippen molar-refractivity contribution in [3.63, 3.8) is 0 Å². The molecule has 0 radical (unpaired) electrons. The third kappa shape index (κ3) is 1.98. The molecule has 0 aliphatic rings. The van der Waals surface area contributed by atoms with Gasteiger partial charge in [0.2, 0.25) is 0 Å². The molecule has 0 aliphatic carbocycles. The van der Waals surface area contributed by atoms with Crippen LogP contribution in [0.5, 0.6) is 0 Å². The van der Waals surface area contributed by atoms with Crippen molar-refractivity contribution in [2.75, 3.05) is 0 Å². The molecule has 0 saturated carbocycles. The number of aromatic nitrogens is 2. The first-order chi connectivity index (χ1) is 7.08. The van der Waals surface area contributed by atoms with Crippen molar-refractivity contribution in [1.82, 2.24) is 9.78 Å². The van der Waals surface area contributed by atoms with Gasteiger partial charge in [0.05, 0.1) is 11.6 Å². The van der Waals surface area contributed by atoms with Crippen LogP contribution in [-0.4, -0.2) is 21.0 Å². The predicted octanol–water partition coefficient (Wildman–Crippen LogP) is 2.15. The van der Waals surface area contributed by atoms with Gasteiger partial charge in [-0.15, -0.1) is 0 Å². The molecule has 1 atom stereocenters. The average molecular weight is 225 g/mol. The number of rotatable bonds is 2. The van der Waals surface area contributed by atoms with Gasteiger partial charge in [-0.2, -0.15) is 5.10 Å². The van der Waals surface area contributed by atoms with Crippen molar-refractivity contribution in [1.29, 1.82) is 0 Å². The highest BCUT2D eigenvalue weighted by molar-refractivity contribution is 6.34. The lowest BCUT2D eigenvalue weighted by molar-refractivity contribution is 0.195. The minimum atomic E-state index is -0.335. The molecule has 0 aliphatic heterocycles. The van der Waals surface area contributed by atoms with Crippen molar-refractivity contribution in [3.05, 3.63) is 28.9 Å². The van der Waals surface area contributed by atoms with Gasteiger partial charge in [0.15, 0.2) is 5.15 Å². The molecular formula is C11H13ClN2O. The molecular weight excluding hydrogens is 212 g/mol. The Kier molecular flexibility index (Phi) is 2.67. The molecule has 15 heavy (non-hydrogen) atoms. The Morgan fingerprint density at radius 2 is 2.27 bits per heavy atom. The third-order valence-corrected chi connectivity index (χ3v) is 2.68. The average Bonchev–Trinajstić information content (AvgIpc) is 2.41. The summed E-state index contributed by atoms with van der Waals surface area (Å²) in [6.45, 7) is 1.77. The molecule has 1 aromatic carbocycles.